The number of rotatable bonds is 2. The van der Waals surface area contributed by atoms with Crippen molar-refractivity contribution in [2.24, 2.45) is 0 Å². The highest BCUT2D eigenvalue weighted by Gasteiger charge is 2.17. The van der Waals surface area contributed by atoms with E-state index in [1.54, 1.807) is 12.1 Å². The van der Waals surface area contributed by atoms with Crippen molar-refractivity contribution in [1.29, 1.82) is 0 Å². The number of H-pyrrole nitrogens is 1. The van der Waals surface area contributed by atoms with Crippen LogP contribution in [-0.4, -0.2) is 10.1 Å². The van der Waals surface area contributed by atoms with Gasteiger partial charge in [-0.25, -0.2) is 0 Å². The standard InChI is InChI=1S/C24H23NO/c1-24(2,3)18-12-8-17(9-13-18)23-22(16-10-14-19(26)15-11-16)20-6-4-5-7-21(20)25-23/h4-15,25-26H,1-3H3. The fourth-order valence-corrected chi connectivity index (χ4v) is 3.42. The number of aromatic nitrogens is 1. The molecule has 3 aromatic carbocycles. The maximum absolute atomic E-state index is 9.65. The van der Waals surface area contributed by atoms with Gasteiger partial charge >= 0.3 is 0 Å². The van der Waals surface area contributed by atoms with E-state index in [0.29, 0.717) is 0 Å². The molecule has 0 aliphatic heterocycles. The summed E-state index contributed by atoms with van der Waals surface area (Å²) < 4.78 is 0. The van der Waals surface area contributed by atoms with Crippen molar-refractivity contribution in [3.8, 4) is 28.1 Å². The number of benzene rings is 3. The second-order valence-corrected chi connectivity index (χ2v) is 7.79. The van der Waals surface area contributed by atoms with E-state index in [1.807, 2.05) is 18.2 Å². The van der Waals surface area contributed by atoms with E-state index in [1.165, 1.54) is 16.5 Å². The van der Waals surface area contributed by atoms with E-state index in [4.69, 9.17) is 0 Å². The number of nitrogens with one attached hydrogen (secondary N) is 1. The molecule has 2 nitrogen and oxygen atoms in total. The van der Waals surface area contributed by atoms with E-state index in [2.05, 4.69) is 68.2 Å². The van der Waals surface area contributed by atoms with E-state index >= 15 is 0 Å². The van der Waals surface area contributed by atoms with Gasteiger partial charge in [0.2, 0.25) is 0 Å². The second kappa shape index (κ2) is 6.06. The highest BCUT2D eigenvalue weighted by molar-refractivity contribution is 6.03. The Balaban J connectivity index is 1.92. The SMILES string of the molecule is CC(C)(C)c1ccc(-c2[nH]c3ccccc3c2-c2ccc(O)cc2)cc1. The summed E-state index contributed by atoms with van der Waals surface area (Å²) in [6.45, 7) is 6.69. The van der Waals surface area contributed by atoms with Gasteiger partial charge in [0, 0.05) is 16.5 Å². The minimum atomic E-state index is 0.138. The first-order chi connectivity index (χ1) is 12.4. The Bertz CT molecular complexity index is 1050. The van der Waals surface area contributed by atoms with Gasteiger partial charge in [0.25, 0.3) is 0 Å². The Kier molecular flexibility index (Phi) is 3.84. The fourth-order valence-electron chi connectivity index (χ4n) is 3.42. The summed E-state index contributed by atoms with van der Waals surface area (Å²) in [5, 5.41) is 10.8. The smallest absolute Gasteiger partial charge is 0.115 e. The third-order valence-electron chi connectivity index (χ3n) is 4.90. The minimum Gasteiger partial charge on any atom is -0.508 e. The lowest BCUT2D eigenvalue weighted by Crippen LogP contribution is -2.10. The lowest BCUT2D eigenvalue weighted by molar-refractivity contribution is 0.475. The summed E-state index contributed by atoms with van der Waals surface area (Å²) in [6, 6.07) is 24.6. The van der Waals surface area contributed by atoms with Crippen molar-refractivity contribution >= 4 is 10.9 Å². The molecule has 0 aliphatic carbocycles. The van der Waals surface area contributed by atoms with E-state index < -0.39 is 0 Å². The molecule has 0 amide bonds. The minimum absolute atomic E-state index is 0.138. The molecule has 0 bridgehead atoms. The van der Waals surface area contributed by atoms with Gasteiger partial charge in [-0.1, -0.05) is 75.4 Å². The number of hydrogen-bond donors (Lipinski definition) is 2. The van der Waals surface area contributed by atoms with Crippen molar-refractivity contribution < 1.29 is 5.11 Å². The summed E-state index contributed by atoms with van der Waals surface area (Å²) in [6.07, 6.45) is 0. The van der Waals surface area contributed by atoms with Crippen molar-refractivity contribution in [1.82, 2.24) is 4.98 Å². The molecule has 0 aliphatic rings. The molecule has 0 saturated carbocycles. The predicted octanol–water partition coefficient (Wildman–Crippen LogP) is 6.51. The Morgan fingerprint density at radius 3 is 2.00 bits per heavy atom. The Morgan fingerprint density at radius 2 is 1.35 bits per heavy atom. The van der Waals surface area contributed by atoms with Crippen LogP contribution in [0.3, 0.4) is 0 Å². The van der Waals surface area contributed by atoms with Crippen LogP contribution in [0.15, 0.2) is 72.8 Å². The molecule has 0 spiro atoms. The first-order valence-electron chi connectivity index (χ1n) is 8.94. The van der Waals surface area contributed by atoms with Crippen LogP contribution in [-0.2, 0) is 5.41 Å². The number of hydrogen-bond acceptors (Lipinski definition) is 1. The third kappa shape index (κ3) is 2.88. The largest absolute Gasteiger partial charge is 0.508 e. The lowest BCUT2D eigenvalue weighted by Gasteiger charge is -2.19. The van der Waals surface area contributed by atoms with Crippen LogP contribution in [0.2, 0.25) is 0 Å². The van der Waals surface area contributed by atoms with Crippen LogP contribution in [0.25, 0.3) is 33.3 Å². The van der Waals surface area contributed by atoms with Gasteiger partial charge in [0.1, 0.15) is 5.75 Å². The Morgan fingerprint density at radius 1 is 0.731 bits per heavy atom. The van der Waals surface area contributed by atoms with Gasteiger partial charge in [0.05, 0.1) is 5.69 Å². The van der Waals surface area contributed by atoms with Crippen molar-refractivity contribution in [3.63, 3.8) is 0 Å². The molecule has 1 heterocycles. The van der Waals surface area contributed by atoms with E-state index in [9.17, 15) is 5.11 Å². The van der Waals surface area contributed by atoms with Crippen molar-refractivity contribution in [2.75, 3.05) is 0 Å². The number of para-hydroxylation sites is 1. The van der Waals surface area contributed by atoms with Gasteiger partial charge in [-0.15, -0.1) is 0 Å². The quantitative estimate of drug-likeness (QED) is 0.428. The zero-order valence-electron chi connectivity index (χ0n) is 15.4. The molecule has 2 heteroatoms. The number of aromatic hydroxyl groups is 1. The van der Waals surface area contributed by atoms with E-state index in [0.717, 1.165) is 22.3 Å². The highest BCUT2D eigenvalue weighted by atomic mass is 16.3. The Labute approximate surface area is 154 Å². The van der Waals surface area contributed by atoms with E-state index in [-0.39, 0.29) is 11.2 Å². The van der Waals surface area contributed by atoms with Crippen LogP contribution in [0.1, 0.15) is 26.3 Å². The van der Waals surface area contributed by atoms with Crippen molar-refractivity contribution in [3.05, 3.63) is 78.4 Å². The topological polar surface area (TPSA) is 36.0 Å². The maximum atomic E-state index is 9.65. The first-order valence-corrected chi connectivity index (χ1v) is 8.94. The molecule has 0 saturated heterocycles. The van der Waals surface area contributed by atoms with Crippen LogP contribution < -0.4 is 0 Å². The maximum Gasteiger partial charge on any atom is 0.115 e. The molecule has 26 heavy (non-hydrogen) atoms. The predicted molar refractivity (Wildman–Crippen MR) is 110 cm³/mol. The monoisotopic (exact) mass is 341 g/mol. The number of aromatic amines is 1. The van der Waals surface area contributed by atoms with Crippen LogP contribution in [0, 0.1) is 0 Å². The number of phenolic OH excluding ortho intramolecular Hbond substituents is 1. The summed E-state index contributed by atoms with van der Waals surface area (Å²) in [5.74, 6) is 0.282. The zero-order chi connectivity index (χ0) is 18.3. The summed E-state index contributed by atoms with van der Waals surface area (Å²) in [7, 11) is 0. The molecule has 0 atom stereocenters. The normalized spacial score (nSPS) is 11.8. The molecule has 1 aromatic heterocycles. The average Bonchev–Trinajstić information content (AvgIpc) is 3.01. The van der Waals surface area contributed by atoms with Gasteiger partial charge in [-0.2, -0.15) is 0 Å². The second-order valence-electron chi connectivity index (χ2n) is 7.79. The van der Waals surface area contributed by atoms with Gasteiger partial charge in [0.15, 0.2) is 0 Å². The fraction of sp³-hybridized carbons (Fsp3) is 0.167. The molecule has 4 rings (SSSR count). The summed E-state index contributed by atoms with van der Waals surface area (Å²) in [4.78, 5) is 3.59. The zero-order valence-corrected chi connectivity index (χ0v) is 15.4. The van der Waals surface area contributed by atoms with Gasteiger partial charge in [-0.05, 0) is 40.3 Å². The average molecular weight is 341 g/mol. The van der Waals surface area contributed by atoms with Crippen LogP contribution >= 0.6 is 0 Å². The molecule has 2 N–H and O–H groups in total. The first kappa shape index (κ1) is 16.5. The molecule has 0 radical (unpaired) electrons. The Hall–Kier alpha value is -3.00. The van der Waals surface area contributed by atoms with Crippen molar-refractivity contribution in [2.45, 2.75) is 26.2 Å². The van der Waals surface area contributed by atoms with Crippen LogP contribution in [0.5, 0.6) is 5.75 Å². The molecular weight excluding hydrogens is 318 g/mol. The molecule has 4 aromatic rings. The number of phenols is 1. The summed E-state index contributed by atoms with van der Waals surface area (Å²) >= 11 is 0. The third-order valence-corrected chi connectivity index (χ3v) is 4.90. The number of fused-ring (bicyclic) bond motifs is 1. The summed E-state index contributed by atoms with van der Waals surface area (Å²) in [5.41, 5.74) is 7.11. The molecule has 0 fully saturated rings. The lowest BCUT2D eigenvalue weighted by atomic mass is 9.86. The highest BCUT2D eigenvalue weighted by Crippen LogP contribution is 2.39. The molecule has 130 valence electrons. The van der Waals surface area contributed by atoms with Gasteiger partial charge < -0.3 is 10.1 Å². The molecular formula is C24H23NO. The van der Waals surface area contributed by atoms with Gasteiger partial charge in [-0.3, -0.25) is 0 Å². The van der Waals surface area contributed by atoms with Crippen LogP contribution in [0.4, 0.5) is 0 Å². The molecule has 0 unspecified atom stereocenters.